The molecule has 0 bridgehead atoms. The molecule has 2 heterocycles. The molecular weight excluding hydrogens is 359 g/mol. The molecule has 0 spiro atoms. The first-order chi connectivity index (χ1) is 12.5. The molecule has 0 fully saturated rings. The van der Waals surface area contributed by atoms with E-state index in [4.69, 9.17) is 11.6 Å². The number of benzene rings is 1. The SMILES string of the molecule is O=C(O)Cn1c2c(c3cc(F)ccc31)C[C@H](Nc1ncc(Cl)cn1)CC2. The van der Waals surface area contributed by atoms with Crippen LogP contribution in [0.3, 0.4) is 0 Å². The second-order valence-electron chi connectivity index (χ2n) is 6.38. The summed E-state index contributed by atoms with van der Waals surface area (Å²) in [5.41, 5.74) is 2.70. The van der Waals surface area contributed by atoms with Gasteiger partial charge in [-0.05, 0) is 43.0 Å². The topological polar surface area (TPSA) is 80.0 Å². The van der Waals surface area contributed by atoms with Gasteiger partial charge in [0, 0.05) is 22.6 Å². The molecule has 0 aliphatic heterocycles. The molecule has 8 heteroatoms. The van der Waals surface area contributed by atoms with Crippen molar-refractivity contribution in [3.63, 3.8) is 0 Å². The summed E-state index contributed by atoms with van der Waals surface area (Å²) in [5, 5.41) is 13.7. The third-order valence-electron chi connectivity index (χ3n) is 4.68. The van der Waals surface area contributed by atoms with Gasteiger partial charge in [-0.1, -0.05) is 11.6 Å². The Bertz CT molecular complexity index is 987. The zero-order valence-electron chi connectivity index (χ0n) is 13.7. The Balaban J connectivity index is 1.69. The van der Waals surface area contributed by atoms with Crippen LogP contribution in [0.15, 0.2) is 30.6 Å². The van der Waals surface area contributed by atoms with E-state index in [-0.39, 0.29) is 18.4 Å². The molecule has 0 saturated heterocycles. The van der Waals surface area contributed by atoms with E-state index in [1.54, 1.807) is 10.6 Å². The van der Waals surface area contributed by atoms with E-state index in [1.165, 1.54) is 24.5 Å². The maximum absolute atomic E-state index is 13.8. The molecule has 1 atom stereocenters. The first-order valence-corrected chi connectivity index (χ1v) is 8.64. The summed E-state index contributed by atoms with van der Waals surface area (Å²) < 4.78 is 15.6. The number of aliphatic carboxylic acids is 1. The van der Waals surface area contributed by atoms with Crippen LogP contribution in [0.5, 0.6) is 0 Å². The maximum Gasteiger partial charge on any atom is 0.323 e. The third kappa shape index (κ3) is 3.10. The van der Waals surface area contributed by atoms with Crippen LogP contribution in [-0.2, 0) is 24.2 Å². The minimum absolute atomic E-state index is 0.0795. The number of fused-ring (bicyclic) bond motifs is 3. The molecule has 3 aromatic rings. The number of hydrogen-bond acceptors (Lipinski definition) is 4. The lowest BCUT2D eigenvalue weighted by Gasteiger charge is -2.24. The molecule has 0 unspecified atom stereocenters. The minimum Gasteiger partial charge on any atom is -0.480 e. The van der Waals surface area contributed by atoms with Gasteiger partial charge in [-0.2, -0.15) is 0 Å². The number of halogens is 2. The Hall–Kier alpha value is -2.67. The van der Waals surface area contributed by atoms with Crippen molar-refractivity contribution in [3.8, 4) is 0 Å². The first kappa shape index (κ1) is 16.8. The molecule has 1 aromatic carbocycles. The second-order valence-corrected chi connectivity index (χ2v) is 6.81. The normalized spacial score (nSPS) is 16.5. The van der Waals surface area contributed by atoms with Crippen LogP contribution in [0.1, 0.15) is 17.7 Å². The zero-order valence-corrected chi connectivity index (χ0v) is 14.5. The Morgan fingerprint density at radius 3 is 2.88 bits per heavy atom. The van der Waals surface area contributed by atoms with Gasteiger partial charge in [-0.15, -0.1) is 0 Å². The maximum atomic E-state index is 13.8. The van der Waals surface area contributed by atoms with Crippen molar-refractivity contribution < 1.29 is 14.3 Å². The second kappa shape index (κ2) is 6.57. The van der Waals surface area contributed by atoms with Crippen molar-refractivity contribution in [1.82, 2.24) is 14.5 Å². The molecule has 134 valence electrons. The number of nitrogens with one attached hydrogen (secondary N) is 1. The van der Waals surface area contributed by atoms with E-state index in [0.717, 1.165) is 28.6 Å². The number of aromatic nitrogens is 3. The van der Waals surface area contributed by atoms with Gasteiger partial charge in [0.05, 0.1) is 17.4 Å². The molecule has 0 saturated carbocycles. The summed E-state index contributed by atoms with van der Waals surface area (Å²) >= 11 is 5.81. The van der Waals surface area contributed by atoms with E-state index >= 15 is 0 Å². The van der Waals surface area contributed by atoms with E-state index in [9.17, 15) is 14.3 Å². The molecule has 2 N–H and O–H groups in total. The monoisotopic (exact) mass is 374 g/mol. The molecule has 1 aliphatic carbocycles. The van der Waals surface area contributed by atoms with E-state index in [1.807, 2.05) is 0 Å². The summed E-state index contributed by atoms with van der Waals surface area (Å²) in [4.78, 5) is 19.6. The van der Waals surface area contributed by atoms with Crippen molar-refractivity contribution in [2.24, 2.45) is 0 Å². The minimum atomic E-state index is -0.913. The fourth-order valence-corrected chi connectivity index (χ4v) is 3.73. The van der Waals surface area contributed by atoms with E-state index in [2.05, 4.69) is 15.3 Å². The number of carboxylic acid groups (broad SMARTS) is 1. The van der Waals surface area contributed by atoms with Crippen molar-refractivity contribution in [3.05, 3.63) is 52.7 Å². The molecule has 4 rings (SSSR count). The molecular formula is C18H16ClFN4O2. The van der Waals surface area contributed by atoms with Gasteiger partial charge >= 0.3 is 5.97 Å². The average molecular weight is 375 g/mol. The van der Waals surface area contributed by atoms with Crippen molar-refractivity contribution in [2.75, 3.05) is 5.32 Å². The summed E-state index contributed by atoms with van der Waals surface area (Å²) in [6, 6.07) is 4.57. The molecule has 26 heavy (non-hydrogen) atoms. The van der Waals surface area contributed by atoms with Crippen molar-refractivity contribution >= 4 is 34.4 Å². The summed E-state index contributed by atoms with van der Waals surface area (Å²) in [6.45, 7) is -0.129. The summed E-state index contributed by atoms with van der Waals surface area (Å²) in [5.74, 6) is -0.754. The van der Waals surface area contributed by atoms with Gasteiger partial charge in [0.15, 0.2) is 0 Å². The van der Waals surface area contributed by atoms with Gasteiger partial charge in [-0.3, -0.25) is 4.79 Å². The van der Waals surface area contributed by atoms with E-state index in [0.29, 0.717) is 23.8 Å². The zero-order chi connectivity index (χ0) is 18.3. The Morgan fingerprint density at radius 2 is 2.15 bits per heavy atom. The van der Waals surface area contributed by atoms with Gasteiger partial charge in [0.2, 0.25) is 5.95 Å². The highest BCUT2D eigenvalue weighted by Gasteiger charge is 2.26. The predicted molar refractivity (Wildman–Crippen MR) is 96.0 cm³/mol. The van der Waals surface area contributed by atoms with Crippen molar-refractivity contribution in [1.29, 1.82) is 0 Å². The van der Waals surface area contributed by atoms with Crippen LogP contribution in [0.2, 0.25) is 5.02 Å². The van der Waals surface area contributed by atoms with Crippen LogP contribution in [0.25, 0.3) is 10.9 Å². The fourth-order valence-electron chi connectivity index (χ4n) is 3.63. The van der Waals surface area contributed by atoms with Crippen LogP contribution < -0.4 is 5.32 Å². The number of rotatable bonds is 4. The summed E-state index contributed by atoms with van der Waals surface area (Å²) in [6.07, 6.45) is 5.20. The Kier molecular flexibility index (Phi) is 4.24. The molecule has 0 radical (unpaired) electrons. The summed E-state index contributed by atoms with van der Waals surface area (Å²) in [7, 11) is 0. The Morgan fingerprint density at radius 1 is 1.38 bits per heavy atom. The van der Waals surface area contributed by atoms with E-state index < -0.39 is 5.97 Å². The molecule has 2 aromatic heterocycles. The van der Waals surface area contributed by atoms with Crippen LogP contribution in [-0.4, -0.2) is 31.7 Å². The van der Waals surface area contributed by atoms with Crippen molar-refractivity contribution in [2.45, 2.75) is 31.8 Å². The van der Waals surface area contributed by atoms with Crippen LogP contribution >= 0.6 is 11.6 Å². The Labute approximate surface area is 153 Å². The lowest BCUT2D eigenvalue weighted by atomic mass is 9.91. The molecule has 6 nitrogen and oxygen atoms in total. The third-order valence-corrected chi connectivity index (χ3v) is 4.87. The lowest BCUT2D eigenvalue weighted by molar-refractivity contribution is -0.137. The van der Waals surface area contributed by atoms with Crippen LogP contribution in [0, 0.1) is 5.82 Å². The first-order valence-electron chi connectivity index (χ1n) is 8.26. The number of carboxylic acids is 1. The number of hydrogen-bond donors (Lipinski definition) is 2. The highest BCUT2D eigenvalue weighted by Crippen LogP contribution is 2.33. The quantitative estimate of drug-likeness (QED) is 0.732. The smallest absolute Gasteiger partial charge is 0.323 e. The van der Waals surface area contributed by atoms with Crippen LogP contribution in [0.4, 0.5) is 10.3 Å². The molecule has 0 amide bonds. The number of nitrogens with zero attached hydrogens (tertiary/aromatic N) is 3. The predicted octanol–water partition coefficient (Wildman–Crippen LogP) is 3.28. The highest BCUT2D eigenvalue weighted by molar-refractivity contribution is 6.30. The average Bonchev–Trinajstić information content (AvgIpc) is 2.89. The van der Waals surface area contributed by atoms with Gasteiger partial charge in [0.25, 0.3) is 0 Å². The number of anilines is 1. The lowest BCUT2D eigenvalue weighted by Crippen LogP contribution is -2.29. The fraction of sp³-hybridized carbons (Fsp3) is 0.278. The number of carbonyl (C=O) groups is 1. The van der Waals surface area contributed by atoms with Gasteiger partial charge in [0.1, 0.15) is 12.4 Å². The largest absolute Gasteiger partial charge is 0.480 e. The molecule has 1 aliphatic rings. The van der Waals surface area contributed by atoms with Gasteiger partial charge in [-0.25, -0.2) is 14.4 Å². The standard InChI is InChI=1S/C18H16ClFN4O2/c19-10-7-21-18(22-8-10)23-12-2-4-16-14(6-12)13-5-11(20)1-3-15(13)24(16)9-17(25)26/h1,3,5,7-8,12H,2,4,6,9H2,(H,25,26)(H,21,22,23)/t12-/m1/s1. The van der Waals surface area contributed by atoms with Gasteiger partial charge < -0.3 is 15.0 Å². The highest BCUT2D eigenvalue weighted by atomic mass is 35.5.